The van der Waals surface area contributed by atoms with E-state index in [0.717, 1.165) is 23.5 Å². The number of rotatable bonds is 4. The van der Waals surface area contributed by atoms with Crippen LogP contribution in [0.3, 0.4) is 0 Å². The molecule has 2 aromatic rings. The summed E-state index contributed by atoms with van der Waals surface area (Å²) >= 11 is 1.15. The van der Waals surface area contributed by atoms with Gasteiger partial charge in [0.1, 0.15) is 11.6 Å². The second kappa shape index (κ2) is 5.79. The summed E-state index contributed by atoms with van der Waals surface area (Å²) in [5.41, 5.74) is -0.408. The summed E-state index contributed by atoms with van der Waals surface area (Å²) in [6, 6.07) is 4.37. The van der Waals surface area contributed by atoms with Crippen LogP contribution in [0, 0.1) is 11.6 Å². The summed E-state index contributed by atoms with van der Waals surface area (Å²) in [6.07, 6.45) is 0. The molecule has 0 aliphatic heterocycles. The molecule has 0 aliphatic rings. The first-order valence-corrected chi connectivity index (χ1v) is 6.39. The summed E-state index contributed by atoms with van der Waals surface area (Å²) in [7, 11) is 0. The number of thiophene rings is 1. The maximum atomic E-state index is 13.4. The molecule has 0 spiro atoms. The number of carbonyl (C=O) groups excluding carboxylic acids is 1. The number of hydrogen-bond acceptors (Lipinski definition) is 3. The van der Waals surface area contributed by atoms with E-state index in [9.17, 15) is 18.4 Å². The van der Waals surface area contributed by atoms with E-state index in [1.807, 2.05) is 0 Å². The number of benzene rings is 1. The van der Waals surface area contributed by atoms with Crippen LogP contribution < -0.4 is 5.32 Å². The number of nitrogens with one attached hydrogen (secondary N) is 1. The molecule has 0 radical (unpaired) electrons. The quantitative estimate of drug-likeness (QED) is 0.911. The fourth-order valence-electron chi connectivity index (χ4n) is 1.59. The van der Waals surface area contributed by atoms with Crippen molar-refractivity contribution >= 4 is 23.2 Å². The average Bonchev–Trinajstić information content (AvgIpc) is 2.88. The second-order valence-electron chi connectivity index (χ2n) is 3.88. The third-order valence-corrected chi connectivity index (χ3v) is 3.46. The highest BCUT2D eigenvalue weighted by Gasteiger charge is 2.24. The Labute approximate surface area is 116 Å². The Morgan fingerprint density at radius 2 is 2.00 bits per heavy atom. The number of carboxylic acids is 1. The predicted octanol–water partition coefficient (Wildman–Crippen LogP) is 2.58. The van der Waals surface area contributed by atoms with Crippen LogP contribution in [0.5, 0.6) is 0 Å². The Bertz CT molecular complexity index is 643. The molecular weight excluding hydrogens is 288 g/mol. The summed E-state index contributed by atoms with van der Waals surface area (Å²) < 4.78 is 26.2. The van der Waals surface area contributed by atoms with Crippen LogP contribution in [-0.2, 0) is 4.79 Å². The molecule has 0 saturated heterocycles. The Hall–Kier alpha value is -2.28. The molecule has 1 aromatic carbocycles. The highest BCUT2D eigenvalue weighted by molar-refractivity contribution is 7.10. The minimum atomic E-state index is -1.27. The Balaban J connectivity index is 2.23. The first-order chi connectivity index (χ1) is 9.49. The topological polar surface area (TPSA) is 66.4 Å². The molecule has 7 heteroatoms. The molecule has 1 atom stereocenters. The summed E-state index contributed by atoms with van der Waals surface area (Å²) in [6.45, 7) is 0. The van der Waals surface area contributed by atoms with Gasteiger partial charge in [-0.05, 0) is 23.6 Å². The molecule has 1 amide bonds. The van der Waals surface area contributed by atoms with E-state index in [1.165, 1.54) is 0 Å². The monoisotopic (exact) mass is 297 g/mol. The van der Waals surface area contributed by atoms with Crippen molar-refractivity contribution in [2.75, 3.05) is 0 Å². The Morgan fingerprint density at radius 1 is 1.25 bits per heavy atom. The molecule has 104 valence electrons. The van der Waals surface area contributed by atoms with E-state index in [4.69, 9.17) is 5.11 Å². The minimum absolute atomic E-state index is 0.408. The third kappa shape index (κ3) is 3.00. The van der Waals surface area contributed by atoms with Crippen LogP contribution in [0.2, 0.25) is 0 Å². The lowest BCUT2D eigenvalue weighted by molar-refractivity contribution is -0.139. The van der Waals surface area contributed by atoms with Crippen LogP contribution in [0.15, 0.2) is 35.7 Å². The first kappa shape index (κ1) is 14.1. The highest BCUT2D eigenvalue weighted by atomic mass is 32.1. The molecule has 2 rings (SSSR count). The SMILES string of the molecule is O=C(NC(C(=O)O)c1cccs1)c1ccc(F)cc1F. The van der Waals surface area contributed by atoms with Crippen molar-refractivity contribution in [3.63, 3.8) is 0 Å². The van der Waals surface area contributed by atoms with Gasteiger partial charge in [-0.2, -0.15) is 0 Å². The molecule has 0 saturated carbocycles. The molecule has 1 heterocycles. The Morgan fingerprint density at radius 3 is 2.55 bits per heavy atom. The third-order valence-electron chi connectivity index (χ3n) is 2.53. The summed E-state index contributed by atoms with van der Waals surface area (Å²) in [4.78, 5) is 23.4. The zero-order valence-corrected chi connectivity index (χ0v) is 10.8. The summed E-state index contributed by atoms with van der Waals surface area (Å²) in [5.74, 6) is -4.03. The maximum Gasteiger partial charge on any atom is 0.331 e. The number of carboxylic acid groups (broad SMARTS) is 1. The van der Waals surface area contributed by atoms with Gasteiger partial charge in [0.25, 0.3) is 5.91 Å². The molecule has 1 unspecified atom stereocenters. The lowest BCUT2D eigenvalue weighted by atomic mass is 10.1. The Kier molecular flexibility index (Phi) is 4.09. The normalized spacial score (nSPS) is 11.9. The maximum absolute atomic E-state index is 13.4. The largest absolute Gasteiger partial charge is 0.479 e. The molecule has 4 nitrogen and oxygen atoms in total. The van der Waals surface area contributed by atoms with Gasteiger partial charge in [0.15, 0.2) is 6.04 Å². The van der Waals surface area contributed by atoms with E-state index in [0.29, 0.717) is 10.9 Å². The molecule has 20 heavy (non-hydrogen) atoms. The molecule has 0 aliphatic carbocycles. The minimum Gasteiger partial charge on any atom is -0.479 e. The number of aliphatic carboxylic acids is 1. The van der Waals surface area contributed by atoms with Gasteiger partial charge in [-0.15, -0.1) is 11.3 Å². The molecule has 1 aromatic heterocycles. The fourth-order valence-corrected chi connectivity index (χ4v) is 2.36. The van der Waals surface area contributed by atoms with Crippen LogP contribution in [0.1, 0.15) is 21.3 Å². The van der Waals surface area contributed by atoms with Gasteiger partial charge in [-0.25, -0.2) is 13.6 Å². The predicted molar refractivity (Wildman–Crippen MR) is 68.5 cm³/mol. The van der Waals surface area contributed by atoms with Gasteiger partial charge in [0.05, 0.1) is 5.56 Å². The number of hydrogen-bond donors (Lipinski definition) is 2. The van der Waals surface area contributed by atoms with Crippen molar-refractivity contribution in [1.29, 1.82) is 0 Å². The van der Waals surface area contributed by atoms with Crippen molar-refractivity contribution < 1.29 is 23.5 Å². The fraction of sp³-hybridized carbons (Fsp3) is 0.0769. The van der Waals surface area contributed by atoms with Crippen molar-refractivity contribution in [3.8, 4) is 0 Å². The van der Waals surface area contributed by atoms with E-state index in [-0.39, 0.29) is 0 Å². The van der Waals surface area contributed by atoms with Crippen molar-refractivity contribution in [1.82, 2.24) is 5.32 Å². The van der Waals surface area contributed by atoms with E-state index in [2.05, 4.69) is 5.32 Å². The van der Waals surface area contributed by atoms with Gasteiger partial charge in [0.2, 0.25) is 0 Å². The number of carbonyl (C=O) groups is 2. The molecule has 0 bridgehead atoms. The van der Waals surface area contributed by atoms with E-state index in [1.54, 1.807) is 17.5 Å². The standard InChI is InChI=1S/C13H9F2NO3S/c14-7-3-4-8(9(15)6-7)12(17)16-11(13(18)19)10-2-1-5-20-10/h1-6,11H,(H,16,17)(H,18,19). The van der Waals surface area contributed by atoms with Gasteiger partial charge in [-0.1, -0.05) is 6.07 Å². The number of halogens is 2. The zero-order chi connectivity index (χ0) is 14.7. The molecular formula is C13H9F2NO3S. The zero-order valence-electron chi connectivity index (χ0n) is 9.97. The molecule has 2 N–H and O–H groups in total. The van der Waals surface area contributed by atoms with Crippen LogP contribution in [0.4, 0.5) is 8.78 Å². The van der Waals surface area contributed by atoms with Crippen molar-refractivity contribution in [3.05, 3.63) is 57.8 Å². The van der Waals surface area contributed by atoms with Crippen molar-refractivity contribution in [2.24, 2.45) is 0 Å². The van der Waals surface area contributed by atoms with Gasteiger partial charge in [0, 0.05) is 10.9 Å². The lowest BCUT2D eigenvalue weighted by Gasteiger charge is -2.13. The smallest absolute Gasteiger partial charge is 0.331 e. The van der Waals surface area contributed by atoms with Gasteiger partial charge < -0.3 is 10.4 Å². The van der Waals surface area contributed by atoms with E-state index < -0.39 is 35.1 Å². The second-order valence-corrected chi connectivity index (χ2v) is 4.86. The van der Waals surface area contributed by atoms with Gasteiger partial charge >= 0.3 is 5.97 Å². The lowest BCUT2D eigenvalue weighted by Crippen LogP contribution is -2.33. The average molecular weight is 297 g/mol. The van der Waals surface area contributed by atoms with Crippen LogP contribution in [-0.4, -0.2) is 17.0 Å². The van der Waals surface area contributed by atoms with Crippen LogP contribution in [0.25, 0.3) is 0 Å². The number of amides is 1. The summed E-state index contributed by atoms with van der Waals surface area (Å²) in [5, 5.41) is 13.0. The van der Waals surface area contributed by atoms with Crippen LogP contribution >= 0.6 is 11.3 Å². The van der Waals surface area contributed by atoms with Crippen molar-refractivity contribution in [2.45, 2.75) is 6.04 Å². The first-order valence-electron chi connectivity index (χ1n) is 5.51. The van der Waals surface area contributed by atoms with Gasteiger partial charge in [-0.3, -0.25) is 4.79 Å². The highest BCUT2D eigenvalue weighted by Crippen LogP contribution is 2.20. The van der Waals surface area contributed by atoms with E-state index >= 15 is 0 Å². The molecule has 0 fully saturated rings.